The number of nitrogens with one attached hydrogen (secondary N) is 3. The van der Waals surface area contributed by atoms with Crippen molar-refractivity contribution >= 4 is 33.7 Å². The Morgan fingerprint density at radius 1 is 1.13 bits per heavy atom. The van der Waals surface area contributed by atoms with E-state index in [0.717, 1.165) is 38.7 Å². The monoisotopic (exact) mass is 410 g/mol. The number of fused-ring (bicyclic) bond motifs is 2. The van der Waals surface area contributed by atoms with Crippen LogP contribution in [0.15, 0.2) is 72.7 Å². The molecule has 8 heteroatoms. The Morgan fingerprint density at radius 2 is 2.00 bits per heavy atom. The van der Waals surface area contributed by atoms with Gasteiger partial charge in [0, 0.05) is 65.5 Å². The molecule has 5 aromatic heterocycles. The summed E-state index contributed by atoms with van der Waals surface area (Å²) in [6, 6.07) is 7.58. The van der Waals surface area contributed by atoms with Crippen LogP contribution in [0.3, 0.4) is 0 Å². The molecule has 3 N–H and O–H groups in total. The van der Waals surface area contributed by atoms with Gasteiger partial charge < -0.3 is 19.9 Å². The number of carbonyl (C=O) groups excluding carboxylic acids is 1. The fourth-order valence-corrected chi connectivity index (χ4v) is 3.72. The molecule has 0 saturated carbocycles. The summed E-state index contributed by atoms with van der Waals surface area (Å²) < 4.78 is 1.57. The van der Waals surface area contributed by atoms with E-state index >= 15 is 0 Å². The van der Waals surface area contributed by atoms with Gasteiger partial charge >= 0.3 is 0 Å². The van der Waals surface area contributed by atoms with Crippen LogP contribution in [0.2, 0.25) is 0 Å². The summed E-state index contributed by atoms with van der Waals surface area (Å²) in [5, 5.41) is 4.45. The van der Waals surface area contributed by atoms with Gasteiger partial charge in [0.1, 0.15) is 17.0 Å². The van der Waals surface area contributed by atoms with Gasteiger partial charge in [-0.05, 0) is 35.9 Å². The molecule has 8 nitrogen and oxygen atoms in total. The van der Waals surface area contributed by atoms with Crippen molar-refractivity contribution < 1.29 is 4.79 Å². The van der Waals surface area contributed by atoms with Gasteiger partial charge in [-0.1, -0.05) is 6.58 Å². The zero-order chi connectivity index (χ0) is 21.5. The Bertz CT molecular complexity index is 1540. The van der Waals surface area contributed by atoms with Gasteiger partial charge in [0.15, 0.2) is 0 Å². The van der Waals surface area contributed by atoms with Crippen LogP contribution < -0.4 is 10.9 Å². The average molecular weight is 410 g/mol. The lowest BCUT2D eigenvalue weighted by Gasteiger charge is -2.08. The highest BCUT2D eigenvalue weighted by molar-refractivity contribution is 6.04. The highest BCUT2D eigenvalue weighted by Crippen LogP contribution is 2.34. The summed E-state index contributed by atoms with van der Waals surface area (Å²) in [5.74, 6) is 0.111. The van der Waals surface area contributed by atoms with Gasteiger partial charge in [0.05, 0.1) is 0 Å². The third kappa shape index (κ3) is 3.10. The number of pyridine rings is 3. The number of aryl methyl sites for hydroxylation is 1. The topological polar surface area (TPSA) is 108 Å². The summed E-state index contributed by atoms with van der Waals surface area (Å²) in [6.07, 6.45) is 10.1. The molecule has 0 radical (unpaired) electrons. The number of hydrogen-bond acceptors (Lipinski definition) is 4. The van der Waals surface area contributed by atoms with E-state index < -0.39 is 0 Å². The molecule has 1 amide bonds. The van der Waals surface area contributed by atoms with Gasteiger partial charge in [0.2, 0.25) is 5.91 Å². The molecule has 0 saturated heterocycles. The minimum absolute atomic E-state index is 0.0757. The molecule has 5 aromatic rings. The third-order valence-electron chi connectivity index (χ3n) is 5.25. The average Bonchev–Trinajstić information content (AvgIpc) is 3.43. The van der Waals surface area contributed by atoms with Crippen LogP contribution in [-0.4, -0.2) is 30.4 Å². The Kier molecular flexibility index (Phi) is 4.25. The van der Waals surface area contributed by atoms with Crippen LogP contribution in [0.25, 0.3) is 44.2 Å². The number of rotatable bonds is 4. The first kappa shape index (κ1) is 18.6. The van der Waals surface area contributed by atoms with Crippen molar-refractivity contribution in [1.29, 1.82) is 0 Å². The minimum Gasteiger partial charge on any atom is -0.357 e. The number of aromatic nitrogens is 5. The molecule has 0 aliphatic rings. The van der Waals surface area contributed by atoms with Crippen LogP contribution in [-0.2, 0) is 11.8 Å². The lowest BCUT2D eigenvalue weighted by atomic mass is 10.0. The highest BCUT2D eigenvalue weighted by atomic mass is 16.1. The number of amides is 1. The number of carbonyl (C=O) groups is 1. The summed E-state index contributed by atoms with van der Waals surface area (Å²) in [7, 11) is 1.74. The fourth-order valence-electron chi connectivity index (χ4n) is 3.72. The molecule has 0 aliphatic heterocycles. The van der Waals surface area contributed by atoms with E-state index in [9.17, 15) is 9.59 Å². The van der Waals surface area contributed by atoms with Crippen LogP contribution in [0.5, 0.6) is 0 Å². The Balaban J connectivity index is 1.66. The van der Waals surface area contributed by atoms with E-state index in [4.69, 9.17) is 0 Å². The minimum atomic E-state index is -0.323. The molecule has 31 heavy (non-hydrogen) atoms. The van der Waals surface area contributed by atoms with E-state index in [-0.39, 0.29) is 11.5 Å². The lowest BCUT2D eigenvalue weighted by Crippen LogP contribution is -2.16. The highest BCUT2D eigenvalue weighted by Gasteiger charge is 2.15. The summed E-state index contributed by atoms with van der Waals surface area (Å²) >= 11 is 0. The van der Waals surface area contributed by atoms with Crippen LogP contribution in [0.4, 0.5) is 5.82 Å². The number of hydrogen-bond donors (Lipinski definition) is 3. The molecule has 5 heterocycles. The third-order valence-corrected chi connectivity index (χ3v) is 5.25. The van der Waals surface area contributed by atoms with Gasteiger partial charge in [-0.15, -0.1) is 0 Å². The lowest BCUT2D eigenvalue weighted by molar-refractivity contribution is -0.111. The van der Waals surface area contributed by atoms with Crippen molar-refractivity contribution in [3.63, 3.8) is 0 Å². The van der Waals surface area contributed by atoms with Gasteiger partial charge in [-0.25, -0.2) is 9.97 Å². The SMILES string of the molecule is C=CC(=O)Nc1cc(-c2cnc3[nH]cc(-c4cn(C)c(=O)c5[nH]ccc45)c3c2)ccn1. The van der Waals surface area contributed by atoms with Crippen molar-refractivity contribution in [2.24, 2.45) is 7.05 Å². The molecule has 0 spiro atoms. The second-order valence-corrected chi connectivity index (χ2v) is 7.17. The molecular formula is C23H18N6O2. The second-order valence-electron chi connectivity index (χ2n) is 7.17. The predicted octanol–water partition coefficient (Wildman–Crippen LogP) is 3.60. The normalized spacial score (nSPS) is 11.1. The van der Waals surface area contributed by atoms with Crippen molar-refractivity contribution in [3.05, 3.63) is 78.3 Å². The first-order chi connectivity index (χ1) is 15.0. The molecule has 152 valence electrons. The summed E-state index contributed by atoms with van der Waals surface area (Å²) in [5.41, 5.74) is 4.84. The number of nitrogens with zero attached hydrogens (tertiary/aromatic N) is 3. The van der Waals surface area contributed by atoms with Crippen molar-refractivity contribution in [3.8, 4) is 22.3 Å². The first-order valence-corrected chi connectivity index (χ1v) is 9.59. The quantitative estimate of drug-likeness (QED) is 0.393. The second kappa shape index (κ2) is 7.10. The van der Waals surface area contributed by atoms with Gasteiger partial charge in [-0.3, -0.25) is 9.59 Å². The van der Waals surface area contributed by atoms with E-state index in [1.807, 2.05) is 30.6 Å². The van der Waals surface area contributed by atoms with E-state index in [1.165, 1.54) is 6.08 Å². The van der Waals surface area contributed by atoms with Gasteiger partial charge in [0.25, 0.3) is 5.56 Å². The molecule has 0 bridgehead atoms. The molecule has 0 unspecified atom stereocenters. The summed E-state index contributed by atoms with van der Waals surface area (Å²) in [6.45, 7) is 3.46. The van der Waals surface area contributed by atoms with Crippen LogP contribution >= 0.6 is 0 Å². The molecule has 0 atom stereocenters. The van der Waals surface area contributed by atoms with E-state index in [2.05, 4.69) is 31.8 Å². The van der Waals surface area contributed by atoms with E-state index in [1.54, 1.807) is 36.3 Å². The molecule has 0 aromatic carbocycles. The maximum atomic E-state index is 12.4. The van der Waals surface area contributed by atoms with Gasteiger partial charge in [-0.2, -0.15) is 0 Å². The van der Waals surface area contributed by atoms with Crippen molar-refractivity contribution in [1.82, 2.24) is 24.5 Å². The standard InChI is InChI=1S/C23H18N6O2/c1-3-20(30)28-19-9-13(4-6-24-19)14-8-16-17(11-27-22(16)26-10-14)18-12-29(2)23(31)21-15(18)5-7-25-21/h3-12,25H,1H2,2H3,(H,26,27)(H,24,28,30). The number of H-pyrrole nitrogens is 2. The fraction of sp³-hybridized carbons (Fsp3) is 0.0435. The van der Waals surface area contributed by atoms with Crippen LogP contribution in [0, 0.1) is 0 Å². The zero-order valence-electron chi connectivity index (χ0n) is 16.6. The molecular weight excluding hydrogens is 392 g/mol. The van der Waals surface area contributed by atoms with Crippen LogP contribution in [0.1, 0.15) is 0 Å². The first-order valence-electron chi connectivity index (χ1n) is 9.59. The maximum absolute atomic E-state index is 12.4. The van der Waals surface area contributed by atoms with Crippen molar-refractivity contribution in [2.45, 2.75) is 0 Å². The predicted molar refractivity (Wildman–Crippen MR) is 121 cm³/mol. The number of aromatic amines is 2. The smallest absolute Gasteiger partial charge is 0.274 e. The Morgan fingerprint density at radius 3 is 2.84 bits per heavy atom. The van der Waals surface area contributed by atoms with E-state index in [0.29, 0.717) is 11.3 Å². The van der Waals surface area contributed by atoms with Crippen molar-refractivity contribution in [2.75, 3.05) is 5.32 Å². The Hall–Kier alpha value is -4.46. The molecule has 0 fully saturated rings. The largest absolute Gasteiger partial charge is 0.357 e. The number of anilines is 1. The summed E-state index contributed by atoms with van der Waals surface area (Å²) in [4.78, 5) is 39.0. The maximum Gasteiger partial charge on any atom is 0.274 e. The molecule has 0 aliphatic carbocycles. The zero-order valence-corrected chi connectivity index (χ0v) is 16.6. The molecule has 5 rings (SSSR count). The Labute approximate surface area is 176 Å².